The monoisotopic (exact) mass is 725 g/mol. The zero-order valence-electron chi connectivity index (χ0n) is 25.9. The van der Waals surface area contributed by atoms with Gasteiger partial charge in [-0.1, -0.05) is 16.8 Å². The number of amides is 1. The van der Waals surface area contributed by atoms with E-state index < -0.39 is 23.9 Å². The zero-order chi connectivity index (χ0) is 36.2. The minimum atomic E-state index is -5.77. The Morgan fingerprint density at radius 1 is 0.980 bits per heavy atom. The van der Waals surface area contributed by atoms with Crippen molar-refractivity contribution in [3.05, 3.63) is 76.5 Å². The number of anilines is 4. The molecule has 4 aromatic rings. The van der Waals surface area contributed by atoms with Crippen molar-refractivity contribution in [1.29, 1.82) is 0 Å². The van der Waals surface area contributed by atoms with E-state index in [1.807, 2.05) is 29.3 Å². The Balaban J connectivity index is 0.000000349. The maximum atomic E-state index is 12.7. The summed E-state index contributed by atoms with van der Waals surface area (Å²) < 4.78 is 78.3. The van der Waals surface area contributed by atoms with Gasteiger partial charge in [-0.3, -0.25) is 19.4 Å². The summed E-state index contributed by atoms with van der Waals surface area (Å²) in [6, 6.07) is 9.69. The molecule has 6 rings (SSSR count). The van der Waals surface area contributed by atoms with E-state index in [-0.39, 0.29) is 11.8 Å². The third-order valence-corrected chi connectivity index (χ3v) is 7.69. The number of nitrogens with one attached hydrogen (secondary N) is 2. The lowest BCUT2D eigenvalue weighted by atomic mass is 10.0. The van der Waals surface area contributed by atoms with Crippen LogP contribution >= 0.6 is 11.6 Å². The van der Waals surface area contributed by atoms with Crippen molar-refractivity contribution in [1.82, 2.24) is 25.0 Å². The molecule has 2 aliphatic rings. The molecule has 1 aromatic carbocycles. The molecular formula is C31H26ClF6N7O5. The molecule has 1 atom stereocenters. The number of nitrogens with zero attached hydrogens (tertiary/aromatic N) is 5. The number of benzene rings is 1. The molecule has 1 unspecified atom stereocenters. The van der Waals surface area contributed by atoms with E-state index in [0.717, 1.165) is 47.5 Å². The number of alkyl halides is 6. The first-order valence-electron chi connectivity index (χ1n) is 14.8. The van der Waals surface area contributed by atoms with Crippen molar-refractivity contribution in [3.63, 3.8) is 0 Å². The van der Waals surface area contributed by atoms with Gasteiger partial charge in [-0.15, -0.1) is 0 Å². The highest BCUT2D eigenvalue weighted by atomic mass is 35.5. The average molecular weight is 726 g/mol. The molecule has 5 heterocycles. The molecule has 1 saturated heterocycles. The molecule has 0 aliphatic carbocycles. The van der Waals surface area contributed by atoms with Crippen molar-refractivity contribution in [2.75, 3.05) is 30.3 Å². The maximum absolute atomic E-state index is 12.7. The number of likely N-dealkylation sites (tertiary alicyclic amines) is 1. The number of fused-ring (bicyclic) bond motifs is 6. The first-order chi connectivity index (χ1) is 23.6. The third-order valence-electron chi connectivity index (χ3n) is 7.42. The van der Waals surface area contributed by atoms with E-state index in [1.165, 1.54) is 0 Å². The summed E-state index contributed by atoms with van der Waals surface area (Å²) in [4.78, 5) is 46.9. The number of pyridine rings is 1. The van der Waals surface area contributed by atoms with Crippen molar-refractivity contribution < 1.29 is 50.0 Å². The van der Waals surface area contributed by atoms with Gasteiger partial charge in [-0.25, -0.2) is 4.98 Å². The fourth-order valence-corrected chi connectivity index (χ4v) is 5.13. The van der Waals surface area contributed by atoms with Gasteiger partial charge in [0.05, 0.1) is 24.7 Å². The number of halogens is 7. The molecule has 1 amide bonds. The first-order valence-corrected chi connectivity index (χ1v) is 15.2. The molecule has 50 heavy (non-hydrogen) atoms. The van der Waals surface area contributed by atoms with Crippen LogP contribution in [0.3, 0.4) is 0 Å². The van der Waals surface area contributed by atoms with E-state index >= 15 is 0 Å². The van der Waals surface area contributed by atoms with Gasteiger partial charge in [0.15, 0.2) is 11.5 Å². The SMILES string of the molecule is Cc1cc(C(=O)N2CCC(COc3ccc4cc3CCc3cncc(c3)Nc3ncc(Cl)c(n3)N4)C2)no1.O=C(C(=O)C(F)(F)F)C(F)(F)F. The fraction of sp³-hybridized carbons (Fsp3) is 0.323. The minimum Gasteiger partial charge on any atom is -0.493 e. The summed E-state index contributed by atoms with van der Waals surface area (Å²) in [6.45, 7) is 3.59. The smallest absolute Gasteiger partial charge is 0.458 e. The topological polar surface area (TPSA) is 152 Å². The van der Waals surface area contributed by atoms with Crippen LogP contribution in [0.15, 0.2) is 53.4 Å². The van der Waals surface area contributed by atoms with Crippen LogP contribution in [0.25, 0.3) is 0 Å². The summed E-state index contributed by atoms with van der Waals surface area (Å²) in [5, 5.41) is 10.8. The number of aromatic nitrogens is 4. The molecule has 264 valence electrons. The summed E-state index contributed by atoms with van der Waals surface area (Å²) in [6.07, 6.45) is -3.97. The number of hydrogen-bond donors (Lipinski definition) is 2. The Labute approximate surface area is 284 Å². The normalized spacial score (nSPS) is 15.6. The van der Waals surface area contributed by atoms with Crippen LogP contribution in [0.5, 0.6) is 5.75 Å². The Bertz CT molecular complexity index is 1880. The second kappa shape index (κ2) is 14.7. The molecule has 6 bridgehead atoms. The van der Waals surface area contributed by atoms with Crippen LogP contribution < -0.4 is 15.4 Å². The van der Waals surface area contributed by atoms with Crippen molar-refractivity contribution in [2.24, 2.45) is 5.92 Å². The molecule has 0 saturated carbocycles. The molecular weight excluding hydrogens is 700 g/mol. The summed E-state index contributed by atoms with van der Waals surface area (Å²) in [5.74, 6) is -4.31. The standard InChI is InChI=1S/C27H26ClN7O3.C4F6O2/c1-16-8-23(34-38-16)26(36)35-7-6-18(14-35)15-37-24-5-4-20-10-19(24)3-2-17-9-21(12-29-11-17)32-27-30-13-22(28)25(31-20)33-27;5-3(6,7)1(11)2(12)4(8,9)10/h4-5,8-13,18H,2-3,6-7,14-15H2,1H3,(H2,30,31,32,33);. The van der Waals surface area contributed by atoms with Gasteiger partial charge < -0.3 is 24.8 Å². The number of carbonyl (C=O) groups is 3. The van der Waals surface area contributed by atoms with Crippen LogP contribution in [0, 0.1) is 12.8 Å². The first kappa shape index (κ1) is 36.0. The maximum Gasteiger partial charge on any atom is 0.458 e. The number of aryl methyl sites for hydroxylation is 3. The number of hydrogen-bond acceptors (Lipinski definition) is 11. The van der Waals surface area contributed by atoms with E-state index in [0.29, 0.717) is 47.9 Å². The largest absolute Gasteiger partial charge is 0.493 e. The predicted molar refractivity (Wildman–Crippen MR) is 165 cm³/mol. The molecule has 2 aliphatic heterocycles. The van der Waals surface area contributed by atoms with Crippen molar-refractivity contribution in [2.45, 2.75) is 38.5 Å². The van der Waals surface area contributed by atoms with E-state index in [1.54, 1.807) is 25.4 Å². The molecule has 1 fully saturated rings. The lowest BCUT2D eigenvalue weighted by Gasteiger charge is -2.18. The molecule has 12 nitrogen and oxygen atoms in total. The summed E-state index contributed by atoms with van der Waals surface area (Å²) in [7, 11) is 0. The third kappa shape index (κ3) is 9.04. The minimum absolute atomic E-state index is 0.102. The number of carbonyl (C=O) groups excluding carboxylic acids is 3. The van der Waals surface area contributed by atoms with Gasteiger partial charge in [0, 0.05) is 37.0 Å². The summed E-state index contributed by atoms with van der Waals surface area (Å²) >= 11 is 6.37. The highest BCUT2D eigenvalue weighted by molar-refractivity contribution is 6.41. The van der Waals surface area contributed by atoms with Crippen molar-refractivity contribution >= 4 is 52.2 Å². The van der Waals surface area contributed by atoms with Crippen LogP contribution in [-0.2, 0) is 22.4 Å². The van der Waals surface area contributed by atoms with Gasteiger partial charge in [0.25, 0.3) is 5.91 Å². The van der Waals surface area contributed by atoms with Crippen LogP contribution in [-0.4, -0.2) is 74.5 Å². The van der Waals surface area contributed by atoms with Crippen LogP contribution in [0.4, 0.5) is 49.5 Å². The number of rotatable bonds is 5. The lowest BCUT2D eigenvalue weighted by Crippen LogP contribution is -2.39. The highest BCUT2D eigenvalue weighted by Crippen LogP contribution is 2.31. The zero-order valence-corrected chi connectivity index (χ0v) is 26.6. The van der Waals surface area contributed by atoms with Gasteiger partial charge >= 0.3 is 23.9 Å². The Hall–Kier alpha value is -5.26. The second-order valence-electron chi connectivity index (χ2n) is 11.2. The Morgan fingerprint density at radius 3 is 2.40 bits per heavy atom. The number of ether oxygens (including phenoxy) is 1. The van der Waals surface area contributed by atoms with Gasteiger partial charge in [-0.05, 0) is 61.6 Å². The molecule has 19 heteroatoms. The van der Waals surface area contributed by atoms with Crippen molar-refractivity contribution in [3.8, 4) is 5.75 Å². The second-order valence-corrected chi connectivity index (χ2v) is 11.6. The van der Waals surface area contributed by atoms with Gasteiger partial charge in [0.1, 0.15) is 16.5 Å². The fourth-order valence-electron chi connectivity index (χ4n) is 4.99. The molecule has 0 spiro atoms. The lowest BCUT2D eigenvalue weighted by molar-refractivity contribution is -0.193. The highest BCUT2D eigenvalue weighted by Gasteiger charge is 2.54. The average Bonchev–Trinajstić information content (AvgIpc) is 3.72. The van der Waals surface area contributed by atoms with Gasteiger partial charge in [0.2, 0.25) is 5.95 Å². The van der Waals surface area contributed by atoms with E-state index in [9.17, 15) is 40.7 Å². The Kier molecular flexibility index (Phi) is 10.6. The number of Topliss-reactive ketones (excluding diaryl/α,β-unsaturated/α-hetero) is 2. The van der Waals surface area contributed by atoms with Crippen LogP contribution in [0.2, 0.25) is 5.02 Å². The molecule has 0 radical (unpaired) electrons. The molecule has 3 aromatic heterocycles. The van der Waals surface area contributed by atoms with Crippen LogP contribution in [0.1, 0.15) is 33.8 Å². The quantitative estimate of drug-likeness (QED) is 0.179. The Morgan fingerprint density at radius 2 is 1.72 bits per heavy atom. The molecule has 2 N–H and O–H groups in total. The predicted octanol–water partition coefficient (Wildman–Crippen LogP) is 6.20. The van der Waals surface area contributed by atoms with E-state index in [2.05, 4.69) is 36.8 Å². The van der Waals surface area contributed by atoms with E-state index in [4.69, 9.17) is 20.9 Å². The number of ketones is 2. The summed E-state index contributed by atoms with van der Waals surface area (Å²) in [5.41, 5.74) is 4.15. The van der Waals surface area contributed by atoms with Gasteiger partial charge in [-0.2, -0.15) is 31.3 Å².